The van der Waals surface area contributed by atoms with E-state index in [0.717, 1.165) is 5.92 Å². The van der Waals surface area contributed by atoms with Crippen molar-refractivity contribution < 1.29 is 0 Å². The van der Waals surface area contributed by atoms with Gasteiger partial charge in [-0.2, -0.15) is 0 Å². The molecule has 0 saturated heterocycles. The fourth-order valence-corrected chi connectivity index (χ4v) is 3.82. The van der Waals surface area contributed by atoms with Crippen LogP contribution in [0.5, 0.6) is 0 Å². The maximum atomic E-state index is 5.70. The standard InChI is InChI=1S/C15H26N2S/c16-17-14(12-13-6-2-1-3-7-13)8-4-9-15-10-5-11-18-15/h5,10-11,13-14,17H,1-4,6-9,12,16H2. The summed E-state index contributed by atoms with van der Waals surface area (Å²) in [6, 6.07) is 4.89. The van der Waals surface area contributed by atoms with Crippen LogP contribution in [-0.2, 0) is 6.42 Å². The quantitative estimate of drug-likeness (QED) is 0.581. The van der Waals surface area contributed by atoms with Gasteiger partial charge in [-0.3, -0.25) is 11.3 Å². The average Bonchev–Trinajstić information content (AvgIpc) is 2.92. The normalized spacial score (nSPS) is 18.9. The minimum absolute atomic E-state index is 0.521. The van der Waals surface area contributed by atoms with Crippen LogP contribution in [0.25, 0.3) is 0 Å². The summed E-state index contributed by atoms with van der Waals surface area (Å²) in [5.41, 5.74) is 3.03. The lowest BCUT2D eigenvalue weighted by Gasteiger charge is -2.26. The third-order valence-electron chi connectivity index (χ3n) is 4.13. The highest BCUT2D eigenvalue weighted by molar-refractivity contribution is 7.09. The Morgan fingerprint density at radius 1 is 1.33 bits per heavy atom. The predicted molar refractivity (Wildman–Crippen MR) is 79.6 cm³/mol. The van der Waals surface area contributed by atoms with Crippen molar-refractivity contribution in [3.63, 3.8) is 0 Å². The lowest BCUT2D eigenvalue weighted by atomic mass is 9.84. The van der Waals surface area contributed by atoms with Gasteiger partial charge in [-0.15, -0.1) is 11.3 Å². The molecule has 1 aliphatic rings. The lowest BCUT2D eigenvalue weighted by molar-refractivity contribution is 0.290. The molecule has 18 heavy (non-hydrogen) atoms. The van der Waals surface area contributed by atoms with Crippen molar-refractivity contribution in [2.45, 2.75) is 63.8 Å². The zero-order valence-electron chi connectivity index (χ0n) is 11.2. The van der Waals surface area contributed by atoms with E-state index in [1.165, 1.54) is 62.7 Å². The molecule has 1 saturated carbocycles. The topological polar surface area (TPSA) is 38.0 Å². The molecule has 3 N–H and O–H groups in total. The summed E-state index contributed by atoms with van der Waals surface area (Å²) in [7, 11) is 0. The van der Waals surface area contributed by atoms with Gasteiger partial charge in [-0.25, -0.2) is 0 Å². The van der Waals surface area contributed by atoms with Gasteiger partial charge in [0.15, 0.2) is 0 Å². The molecule has 2 nitrogen and oxygen atoms in total. The van der Waals surface area contributed by atoms with E-state index in [0.29, 0.717) is 6.04 Å². The third kappa shape index (κ3) is 4.71. The van der Waals surface area contributed by atoms with Crippen LogP contribution in [0.4, 0.5) is 0 Å². The third-order valence-corrected chi connectivity index (χ3v) is 5.07. The molecule has 1 heterocycles. The number of hydrazine groups is 1. The first-order valence-corrected chi connectivity index (χ1v) is 8.25. The van der Waals surface area contributed by atoms with E-state index in [-0.39, 0.29) is 0 Å². The molecule has 0 radical (unpaired) electrons. The van der Waals surface area contributed by atoms with Crippen LogP contribution < -0.4 is 11.3 Å². The van der Waals surface area contributed by atoms with Crippen molar-refractivity contribution in [3.05, 3.63) is 22.4 Å². The SMILES string of the molecule is NNC(CCCc1cccs1)CC1CCCCC1. The van der Waals surface area contributed by atoms with Crippen LogP contribution in [0.3, 0.4) is 0 Å². The van der Waals surface area contributed by atoms with Gasteiger partial charge in [0.05, 0.1) is 0 Å². The maximum absolute atomic E-state index is 5.70. The van der Waals surface area contributed by atoms with Gasteiger partial charge in [-0.1, -0.05) is 38.2 Å². The molecular formula is C15H26N2S. The van der Waals surface area contributed by atoms with E-state index in [2.05, 4.69) is 22.9 Å². The molecule has 1 fully saturated rings. The Morgan fingerprint density at radius 2 is 2.17 bits per heavy atom. The second kappa shape index (κ2) is 7.93. The summed E-state index contributed by atoms with van der Waals surface area (Å²) in [6.45, 7) is 0. The van der Waals surface area contributed by atoms with E-state index in [4.69, 9.17) is 5.84 Å². The van der Waals surface area contributed by atoms with Gasteiger partial charge in [0, 0.05) is 10.9 Å². The number of nitrogens with one attached hydrogen (secondary N) is 1. The average molecular weight is 266 g/mol. The number of hydrogen-bond donors (Lipinski definition) is 2. The van der Waals surface area contributed by atoms with Crippen molar-refractivity contribution in [3.8, 4) is 0 Å². The van der Waals surface area contributed by atoms with E-state index in [1.807, 2.05) is 11.3 Å². The van der Waals surface area contributed by atoms with Crippen molar-refractivity contribution in [2.75, 3.05) is 0 Å². The Labute approximate surface area is 115 Å². The van der Waals surface area contributed by atoms with E-state index >= 15 is 0 Å². The van der Waals surface area contributed by atoms with Crippen LogP contribution >= 0.6 is 11.3 Å². The molecule has 1 atom stereocenters. The van der Waals surface area contributed by atoms with E-state index in [9.17, 15) is 0 Å². The summed E-state index contributed by atoms with van der Waals surface area (Å²) in [6.07, 6.45) is 12.1. The lowest BCUT2D eigenvalue weighted by Crippen LogP contribution is -2.37. The van der Waals surface area contributed by atoms with Gasteiger partial charge in [0.1, 0.15) is 0 Å². The fourth-order valence-electron chi connectivity index (χ4n) is 3.07. The maximum Gasteiger partial charge on any atom is 0.0213 e. The molecule has 0 bridgehead atoms. The number of rotatable bonds is 7. The molecule has 1 aromatic rings. The van der Waals surface area contributed by atoms with Gasteiger partial charge in [-0.05, 0) is 43.0 Å². The van der Waals surface area contributed by atoms with Crippen molar-refractivity contribution >= 4 is 11.3 Å². The minimum atomic E-state index is 0.521. The first-order valence-electron chi connectivity index (χ1n) is 7.37. The van der Waals surface area contributed by atoms with Crippen LogP contribution in [0.15, 0.2) is 17.5 Å². The Bertz CT molecular complexity index is 304. The second-order valence-corrected chi connectivity index (χ2v) is 6.61. The monoisotopic (exact) mass is 266 g/mol. The highest BCUT2D eigenvalue weighted by atomic mass is 32.1. The van der Waals surface area contributed by atoms with Crippen molar-refractivity contribution in [1.29, 1.82) is 0 Å². The smallest absolute Gasteiger partial charge is 0.0213 e. The number of aryl methyl sites for hydroxylation is 1. The number of nitrogens with two attached hydrogens (primary N) is 1. The molecule has 0 amide bonds. The largest absolute Gasteiger partial charge is 0.271 e. The molecule has 3 heteroatoms. The van der Waals surface area contributed by atoms with Gasteiger partial charge in [0.25, 0.3) is 0 Å². The van der Waals surface area contributed by atoms with Gasteiger partial charge >= 0.3 is 0 Å². The second-order valence-electron chi connectivity index (χ2n) is 5.57. The summed E-state index contributed by atoms with van der Waals surface area (Å²) in [4.78, 5) is 1.50. The van der Waals surface area contributed by atoms with Gasteiger partial charge < -0.3 is 0 Å². The summed E-state index contributed by atoms with van der Waals surface area (Å²) < 4.78 is 0. The van der Waals surface area contributed by atoms with E-state index in [1.54, 1.807) is 0 Å². The van der Waals surface area contributed by atoms with Crippen LogP contribution in [0, 0.1) is 5.92 Å². The summed E-state index contributed by atoms with van der Waals surface area (Å²) >= 11 is 1.87. The molecular weight excluding hydrogens is 240 g/mol. The van der Waals surface area contributed by atoms with E-state index < -0.39 is 0 Å². The minimum Gasteiger partial charge on any atom is -0.271 e. The molecule has 1 unspecified atom stereocenters. The highest BCUT2D eigenvalue weighted by Gasteiger charge is 2.17. The zero-order valence-corrected chi connectivity index (χ0v) is 12.1. The van der Waals surface area contributed by atoms with Crippen molar-refractivity contribution in [2.24, 2.45) is 11.8 Å². The molecule has 1 aromatic heterocycles. The fraction of sp³-hybridized carbons (Fsp3) is 0.733. The number of hydrogen-bond acceptors (Lipinski definition) is 3. The molecule has 0 aliphatic heterocycles. The molecule has 0 spiro atoms. The molecule has 2 rings (SSSR count). The summed E-state index contributed by atoms with van der Waals surface area (Å²) in [5, 5.41) is 2.16. The summed E-state index contributed by atoms with van der Waals surface area (Å²) in [5.74, 6) is 6.62. The Balaban J connectivity index is 1.65. The van der Waals surface area contributed by atoms with Crippen LogP contribution in [0.1, 0.15) is 56.2 Å². The Hall–Kier alpha value is -0.380. The van der Waals surface area contributed by atoms with Crippen LogP contribution in [-0.4, -0.2) is 6.04 Å². The van der Waals surface area contributed by atoms with Crippen molar-refractivity contribution in [1.82, 2.24) is 5.43 Å². The molecule has 0 aromatic carbocycles. The molecule has 1 aliphatic carbocycles. The molecule has 102 valence electrons. The Kier molecular flexibility index (Phi) is 6.18. The highest BCUT2D eigenvalue weighted by Crippen LogP contribution is 2.28. The Morgan fingerprint density at radius 3 is 2.83 bits per heavy atom. The first kappa shape index (κ1) is 14.0. The van der Waals surface area contributed by atoms with Crippen LogP contribution in [0.2, 0.25) is 0 Å². The number of thiophene rings is 1. The predicted octanol–water partition coefficient (Wildman–Crippen LogP) is 3.87. The zero-order chi connectivity index (χ0) is 12.6. The first-order chi connectivity index (χ1) is 8.88. The van der Waals surface area contributed by atoms with Gasteiger partial charge in [0.2, 0.25) is 0 Å².